The first-order valence-electron chi connectivity index (χ1n) is 6.22. The van der Waals surface area contributed by atoms with E-state index in [2.05, 4.69) is 6.07 Å². The zero-order valence-electron chi connectivity index (χ0n) is 10.8. The average Bonchev–Trinajstić information content (AvgIpc) is 2.49. The quantitative estimate of drug-likeness (QED) is 0.854. The van der Waals surface area contributed by atoms with Gasteiger partial charge in [-0.1, -0.05) is 29.8 Å². The number of carbonyl (C=O) groups excluding carboxylic acids is 1. The van der Waals surface area contributed by atoms with Gasteiger partial charge in [0.15, 0.2) is 0 Å². The van der Waals surface area contributed by atoms with Gasteiger partial charge >= 0.3 is 0 Å². The van der Waals surface area contributed by atoms with Gasteiger partial charge in [-0.25, -0.2) is 0 Å². The first-order chi connectivity index (χ1) is 9.72. The number of halogens is 1. The Morgan fingerprint density at radius 1 is 1.10 bits per heavy atom. The molecule has 2 rings (SSSR count). The second kappa shape index (κ2) is 6.74. The van der Waals surface area contributed by atoms with E-state index >= 15 is 0 Å². The Morgan fingerprint density at radius 2 is 1.75 bits per heavy atom. The number of nitriles is 1. The maximum absolute atomic E-state index is 12.5. The molecule has 0 bridgehead atoms. The smallest absolute Gasteiger partial charge is 0.258 e. The zero-order valence-corrected chi connectivity index (χ0v) is 11.5. The summed E-state index contributed by atoms with van der Waals surface area (Å²) in [7, 11) is 0. The lowest BCUT2D eigenvalue weighted by molar-refractivity contribution is 0.0987. The fourth-order valence-corrected chi connectivity index (χ4v) is 1.99. The molecule has 100 valence electrons. The molecular weight excluding hydrogens is 272 g/mol. The van der Waals surface area contributed by atoms with E-state index in [9.17, 15) is 4.79 Å². The highest BCUT2D eigenvalue weighted by atomic mass is 35.5. The van der Waals surface area contributed by atoms with Gasteiger partial charge in [-0.15, -0.1) is 0 Å². The van der Waals surface area contributed by atoms with E-state index in [1.807, 2.05) is 30.3 Å². The van der Waals surface area contributed by atoms with Crippen molar-refractivity contribution >= 4 is 23.2 Å². The van der Waals surface area contributed by atoms with E-state index in [-0.39, 0.29) is 12.3 Å². The molecule has 4 heteroatoms. The van der Waals surface area contributed by atoms with Gasteiger partial charge in [0.05, 0.1) is 12.5 Å². The Kier molecular flexibility index (Phi) is 4.75. The maximum atomic E-state index is 12.5. The second-order valence-electron chi connectivity index (χ2n) is 4.21. The summed E-state index contributed by atoms with van der Waals surface area (Å²) in [5.41, 5.74) is 1.33. The van der Waals surface area contributed by atoms with Crippen LogP contribution in [-0.2, 0) is 0 Å². The summed E-state index contributed by atoms with van der Waals surface area (Å²) in [6.07, 6.45) is 0.286. The van der Waals surface area contributed by atoms with Crippen LogP contribution < -0.4 is 4.90 Å². The summed E-state index contributed by atoms with van der Waals surface area (Å²) in [5, 5.41) is 9.33. The van der Waals surface area contributed by atoms with Gasteiger partial charge < -0.3 is 4.90 Å². The lowest BCUT2D eigenvalue weighted by Crippen LogP contribution is -2.31. The molecule has 20 heavy (non-hydrogen) atoms. The predicted molar refractivity (Wildman–Crippen MR) is 79.8 cm³/mol. The van der Waals surface area contributed by atoms with Gasteiger partial charge in [0.25, 0.3) is 5.91 Å². The van der Waals surface area contributed by atoms with Crippen LogP contribution in [0.1, 0.15) is 16.8 Å². The van der Waals surface area contributed by atoms with Crippen LogP contribution in [0.5, 0.6) is 0 Å². The van der Waals surface area contributed by atoms with Gasteiger partial charge in [-0.3, -0.25) is 4.79 Å². The van der Waals surface area contributed by atoms with Crippen LogP contribution in [-0.4, -0.2) is 12.5 Å². The Hall–Kier alpha value is -2.31. The van der Waals surface area contributed by atoms with Gasteiger partial charge in [0, 0.05) is 22.8 Å². The van der Waals surface area contributed by atoms with Crippen molar-refractivity contribution in [2.24, 2.45) is 0 Å². The fraction of sp³-hybridized carbons (Fsp3) is 0.125. The third kappa shape index (κ3) is 3.37. The molecule has 2 aromatic carbocycles. The molecule has 0 N–H and O–H groups in total. The molecule has 0 aliphatic carbocycles. The van der Waals surface area contributed by atoms with Gasteiger partial charge in [0.1, 0.15) is 0 Å². The number of anilines is 1. The minimum atomic E-state index is -0.136. The van der Waals surface area contributed by atoms with Gasteiger partial charge in [-0.05, 0) is 36.4 Å². The highest BCUT2D eigenvalue weighted by Crippen LogP contribution is 2.18. The zero-order chi connectivity index (χ0) is 14.4. The van der Waals surface area contributed by atoms with Gasteiger partial charge in [0.2, 0.25) is 0 Å². The van der Waals surface area contributed by atoms with Crippen LogP contribution in [0.25, 0.3) is 0 Å². The van der Waals surface area contributed by atoms with Crippen molar-refractivity contribution in [2.75, 3.05) is 11.4 Å². The summed E-state index contributed by atoms with van der Waals surface area (Å²) in [5.74, 6) is -0.136. The third-order valence-electron chi connectivity index (χ3n) is 2.85. The molecule has 0 atom stereocenters. The van der Waals surface area contributed by atoms with Crippen molar-refractivity contribution in [1.82, 2.24) is 0 Å². The van der Waals surface area contributed by atoms with Crippen molar-refractivity contribution in [1.29, 1.82) is 5.26 Å². The van der Waals surface area contributed by atoms with E-state index in [0.29, 0.717) is 17.1 Å². The Morgan fingerprint density at radius 3 is 2.35 bits per heavy atom. The van der Waals surface area contributed by atoms with Crippen molar-refractivity contribution in [3.05, 3.63) is 65.2 Å². The van der Waals surface area contributed by atoms with Crippen LogP contribution in [0.2, 0.25) is 5.02 Å². The number of carbonyl (C=O) groups is 1. The summed E-state index contributed by atoms with van der Waals surface area (Å²) < 4.78 is 0. The Bertz CT molecular complexity index is 617. The minimum Gasteiger partial charge on any atom is -0.307 e. The molecule has 1 amide bonds. The fourth-order valence-electron chi connectivity index (χ4n) is 1.87. The van der Waals surface area contributed by atoms with Crippen molar-refractivity contribution in [3.8, 4) is 6.07 Å². The summed E-state index contributed by atoms with van der Waals surface area (Å²) in [6, 6.07) is 18.1. The molecular formula is C16H13ClN2O. The number of hydrogen-bond acceptors (Lipinski definition) is 2. The van der Waals surface area contributed by atoms with E-state index in [4.69, 9.17) is 16.9 Å². The van der Waals surface area contributed by atoms with E-state index in [1.165, 1.54) is 0 Å². The highest BCUT2D eigenvalue weighted by molar-refractivity contribution is 6.30. The number of hydrogen-bond donors (Lipinski definition) is 0. The summed E-state index contributed by atoms with van der Waals surface area (Å²) >= 11 is 5.83. The molecule has 0 saturated heterocycles. The molecule has 3 nitrogen and oxygen atoms in total. The monoisotopic (exact) mass is 284 g/mol. The van der Waals surface area contributed by atoms with Crippen LogP contribution in [0.3, 0.4) is 0 Å². The Balaban J connectivity index is 2.29. The van der Waals surface area contributed by atoms with Crippen LogP contribution in [0.4, 0.5) is 5.69 Å². The Labute approximate surface area is 123 Å². The molecule has 0 aliphatic heterocycles. The molecule has 0 fully saturated rings. The van der Waals surface area contributed by atoms with Crippen LogP contribution in [0.15, 0.2) is 54.6 Å². The van der Waals surface area contributed by atoms with Crippen molar-refractivity contribution in [3.63, 3.8) is 0 Å². The molecule has 2 aromatic rings. The summed E-state index contributed by atoms with van der Waals surface area (Å²) in [6.45, 7) is 0.363. The van der Waals surface area contributed by atoms with Crippen LogP contribution in [0, 0.1) is 11.3 Å². The van der Waals surface area contributed by atoms with Gasteiger partial charge in [-0.2, -0.15) is 5.26 Å². The normalized spacial score (nSPS) is 9.80. The lowest BCUT2D eigenvalue weighted by atomic mass is 10.1. The standard InChI is InChI=1S/C16H13ClN2O/c17-14-9-7-13(8-10-14)16(20)19(12-4-11-18)15-5-2-1-3-6-15/h1-3,5-10H,4,12H2. The predicted octanol–water partition coefficient (Wildman–Crippen LogP) is 3.90. The maximum Gasteiger partial charge on any atom is 0.258 e. The van der Waals surface area contributed by atoms with Crippen molar-refractivity contribution < 1.29 is 4.79 Å². The second-order valence-corrected chi connectivity index (χ2v) is 4.64. The molecule has 0 radical (unpaired) electrons. The third-order valence-corrected chi connectivity index (χ3v) is 3.10. The number of benzene rings is 2. The SMILES string of the molecule is N#CCCN(C(=O)c1ccc(Cl)cc1)c1ccccc1. The first kappa shape index (κ1) is 14.1. The molecule has 0 heterocycles. The number of rotatable bonds is 4. The molecule has 0 saturated carbocycles. The number of para-hydroxylation sites is 1. The number of nitrogens with zero attached hydrogens (tertiary/aromatic N) is 2. The van der Waals surface area contributed by atoms with E-state index in [0.717, 1.165) is 5.69 Å². The minimum absolute atomic E-state index is 0.136. The molecule has 0 aromatic heterocycles. The van der Waals surface area contributed by atoms with Crippen LogP contribution >= 0.6 is 11.6 Å². The lowest BCUT2D eigenvalue weighted by Gasteiger charge is -2.21. The molecule has 0 spiro atoms. The summed E-state index contributed by atoms with van der Waals surface area (Å²) in [4.78, 5) is 14.1. The number of amides is 1. The molecule has 0 aliphatic rings. The average molecular weight is 285 g/mol. The largest absolute Gasteiger partial charge is 0.307 e. The van der Waals surface area contributed by atoms with E-state index < -0.39 is 0 Å². The topological polar surface area (TPSA) is 44.1 Å². The van der Waals surface area contributed by atoms with Crippen molar-refractivity contribution in [2.45, 2.75) is 6.42 Å². The highest BCUT2D eigenvalue weighted by Gasteiger charge is 2.17. The molecule has 0 unspecified atom stereocenters. The van der Waals surface area contributed by atoms with E-state index in [1.54, 1.807) is 29.2 Å². The first-order valence-corrected chi connectivity index (χ1v) is 6.59.